The summed E-state index contributed by atoms with van der Waals surface area (Å²) < 4.78 is 19.3. The number of carbonyl (C=O) groups excluding carboxylic acids is 3. The Morgan fingerprint density at radius 2 is 1.89 bits per heavy atom. The van der Waals surface area contributed by atoms with E-state index in [0.29, 0.717) is 6.42 Å². The van der Waals surface area contributed by atoms with Crippen LogP contribution in [0.25, 0.3) is 0 Å². The summed E-state index contributed by atoms with van der Waals surface area (Å²) in [5.74, 6) is -7.29. The molecule has 2 N–H and O–H groups in total. The Hall–Kier alpha value is -4.26. The van der Waals surface area contributed by atoms with Gasteiger partial charge in [-0.05, 0) is 31.5 Å². The molecule has 36 heavy (non-hydrogen) atoms. The lowest BCUT2D eigenvalue weighted by atomic mass is 10.0. The normalized spacial score (nSPS) is 13.4. The van der Waals surface area contributed by atoms with E-state index in [1.165, 1.54) is 19.1 Å². The minimum Gasteiger partial charge on any atom is -0.478 e. The van der Waals surface area contributed by atoms with Gasteiger partial charge in [-0.15, -0.1) is 16.7 Å². The summed E-state index contributed by atoms with van der Waals surface area (Å²) in [7, 11) is 0. The number of ether oxygens (including phenoxy) is 1. The summed E-state index contributed by atoms with van der Waals surface area (Å²) in [6.45, 7) is 3.11. The topological polar surface area (TPSA) is 178 Å². The monoisotopic (exact) mass is 522 g/mol. The second-order valence-electron chi connectivity index (χ2n) is 7.29. The largest absolute Gasteiger partial charge is 0.478 e. The van der Waals surface area contributed by atoms with E-state index in [-0.39, 0.29) is 0 Å². The van der Waals surface area contributed by atoms with Crippen LogP contribution in [-0.2, 0) is 19.1 Å². The van der Waals surface area contributed by atoms with Gasteiger partial charge in [0.15, 0.2) is 5.78 Å². The highest BCUT2D eigenvalue weighted by Crippen LogP contribution is 2.29. The zero-order valence-corrected chi connectivity index (χ0v) is 19.7. The Bertz CT molecular complexity index is 1240. The third-order valence-corrected chi connectivity index (χ3v) is 5.03. The van der Waals surface area contributed by atoms with Gasteiger partial charge in [-0.25, -0.2) is 14.0 Å². The van der Waals surface area contributed by atoms with Gasteiger partial charge in [-0.1, -0.05) is 19.1 Å². The predicted octanol–water partition coefficient (Wildman–Crippen LogP) is 3.53. The number of rotatable bonds is 11. The summed E-state index contributed by atoms with van der Waals surface area (Å²) in [5.41, 5.74) is -5.07. The molecule has 0 bridgehead atoms. The molecular weight excluding hydrogens is 503 g/mol. The number of amides is 1. The van der Waals surface area contributed by atoms with Crippen LogP contribution in [0.5, 0.6) is 0 Å². The number of hydrogen-bond donors (Lipinski definition) is 2. The van der Waals surface area contributed by atoms with Crippen LogP contribution in [-0.4, -0.2) is 51.3 Å². The number of benzene rings is 2. The Balaban J connectivity index is 2.69. The molecule has 0 saturated heterocycles. The fourth-order valence-electron chi connectivity index (χ4n) is 2.71. The molecule has 0 aliphatic rings. The molecule has 0 saturated carbocycles. The number of halogens is 2. The molecule has 0 radical (unpaired) electrons. The third kappa shape index (κ3) is 6.24. The highest BCUT2D eigenvalue weighted by molar-refractivity contribution is 6.28. The zero-order valence-electron chi connectivity index (χ0n) is 18.9. The standard InChI is InChI=1S/C22H20ClFN4O8/c1-3-12(2)36-21(33)22(20(31)32,25-18(29)11-23)27-26-17-9-8-13(28(34)35)10-15(17)19(30)14-6-4-5-7-16(14)24/h4-10,12H,3,11H2,1-2H3,(H,25,29)(H,31,32). The first-order chi connectivity index (χ1) is 17.0. The Kier molecular flexibility index (Phi) is 9.27. The molecule has 0 spiro atoms. The fraction of sp³-hybridized carbons (Fsp3) is 0.273. The molecule has 12 nitrogen and oxygen atoms in total. The number of nitro groups is 1. The number of hydrogen-bond acceptors (Lipinski definition) is 9. The van der Waals surface area contributed by atoms with E-state index in [1.54, 1.807) is 6.92 Å². The van der Waals surface area contributed by atoms with Gasteiger partial charge in [-0.3, -0.25) is 19.7 Å². The number of nitrogens with zero attached hydrogens (tertiary/aromatic N) is 3. The van der Waals surface area contributed by atoms with Gasteiger partial charge in [0.2, 0.25) is 5.91 Å². The van der Waals surface area contributed by atoms with Crippen molar-refractivity contribution in [3.05, 3.63) is 69.5 Å². The van der Waals surface area contributed by atoms with Crippen molar-refractivity contribution in [2.24, 2.45) is 10.2 Å². The van der Waals surface area contributed by atoms with Crippen molar-refractivity contribution in [2.75, 3.05) is 5.88 Å². The van der Waals surface area contributed by atoms with Crippen LogP contribution < -0.4 is 5.32 Å². The first kappa shape index (κ1) is 28.0. The molecular formula is C22H20ClFN4O8. The van der Waals surface area contributed by atoms with E-state index in [9.17, 15) is 38.8 Å². The average molecular weight is 523 g/mol. The van der Waals surface area contributed by atoms with Crippen LogP contribution in [0.3, 0.4) is 0 Å². The SMILES string of the molecule is CCC(C)OC(=O)C(N=Nc1ccc([N+](=O)[O-])cc1C(=O)c1ccccc1F)(NC(=O)CCl)C(=O)O. The number of carbonyl (C=O) groups is 4. The minimum atomic E-state index is -3.10. The molecule has 2 unspecified atom stereocenters. The number of carboxylic acid groups (broad SMARTS) is 1. The number of azo groups is 1. The molecule has 14 heteroatoms. The summed E-state index contributed by atoms with van der Waals surface area (Å²) in [5, 5.41) is 30.0. The van der Waals surface area contributed by atoms with E-state index in [0.717, 1.165) is 30.3 Å². The number of nitrogens with one attached hydrogen (secondary N) is 1. The maximum absolute atomic E-state index is 14.2. The summed E-state index contributed by atoms with van der Waals surface area (Å²) in [6.07, 6.45) is -0.469. The molecule has 2 aromatic carbocycles. The van der Waals surface area contributed by atoms with Crippen LogP contribution in [0.2, 0.25) is 0 Å². The Morgan fingerprint density at radius 3 is 2.44 bits per heavy atom. The van der Waals surface area contributed by atoms with Crippen molar-refractivity contribution >= 4 is 46.6 Å². The van der Waals surface area contributed by atoms with Crippen LogP contribution in [0, 0.1) is 15.9 Å². The number of carboxylic acids is 1. The van der Waals surface area contributed by atoms with Crippen molar-refractivity contribution in [3.63, 3.8) is 0 Å². The van der Waals surface area contributed by atoms with Crippen LogP contribution in [0.4, 0.5) is 15.8 Å². The van der Waals surface area contributed by atoms with Gasteiger partial charge >= 0.3 is 17.6 Å². The van der Waals surface area contributed by atoms with Crippen molar-refractivity contribution in [3.8, 4) is 0 Å². The summed E-state index contributed by atoms with van der Waals surface area (Å²) in [4.78, 5) is 60.2. The first-order valence-corrected chi connectivity index (χ1v) is 10.8. The van der Waals surface area contributed by atoms with Gasteiger partial charge in [0.1, 0.15) is 11.7 Å². The minimum absolute atomic E-state index is 0.297. The van der Waals surface area contributed by atoms with Gasteiger partial charge in [0.25, 0.3) is 5.69 Å². The molecule has 0 fully saturated rings. The summed E-state index contributed by atoms with van der Waals surface area (Å²) >= 11 is 5.44. The predicted molar refractivity (Wildman–Crippen MR) is 123 cm³/mol. The van der Waals surface area contributed by atoms with Gasteiger partial charge in [-0.2, -0.15) is 5.11 Å². The smallest absolute Gasteiger partial charge is 0.369 e. The molecule has 0 aliphatic carbocycles. The fourth-order valence-corrected chi connectivity index (χ4v) is 2.78. The lowest BCUT2D eigenvalue weighted by Crippen LogP contribution is -2.60. The molecule has 190 valence electrons. The van der Waals surface area contributed by atoms with E-state index in [4.69, 9.17) is 16.3 Å². The van der Waals surface area contributed by atoms with Crippen molar-refractivity contribution in [1.82, 2.24) is 5.32 Å². The molecule has 1 amide bonds. The van der Waals surface area contributed by atoms with E-state index >= 15 is 0 Å². The number of alkyl halides is 1. The molecule has 2 atom stereocenters. The van der Waals surface area contributed by atoms with Crippen molar-refractivity contribution in [2.45, 2.75) is 32.0 Å². The second-order valence-corrected chi connectivity index (χ2v) is 7.56. The third-order valence-electron chi connectivity index (χ3n) is 4.79. The summed E-state index contributed by atoms with van der Waals surface area (Å²) in [6, 6.07) is 7.48. The lowest BCUT2D eigenvalue weighted by molar-refractivity contribution is -0.384. The van der Waals surface area contributed by atoms with E-state index < -0.39 is 74.5 Å². The number of esters is 1. The van der Waals surface area contributed by atoms with Crippen LogP contribution in [0.15, 0.2) is 52.7 Å². The first-order valence-electron chi connectivity index (χ1n) is 10.3. The van der Waals surface area contributed by atoms with Gasteiger partial charge < -0.3 is 15.2 Å². The number of nitro benzene ring substituents is 1. The molecule has 2 rings (SSSR count). The lowest BCUT2D eigenvalue weighted by Gasteiger charge is -2.24. The Morgan fingerprint density at radius 1 is 1.22 bits per heavy atom. The van der Waals surface area contributed by atoms with Crippen molar-refractivity contribution in [1.29, 1.82) is 0 Å². The zero-order chi connectivity index (χ0) is 27.0. The molecule has 0 heterocycles. The van der Waals surface area contributed by atoms with Crippen LogP contribution >= 0.6 is 11.6 Å². The number of ketones is 1. The maximum atomic E-state index is 14.2. The van der Waals surface area contributed by atoms with E-state index in [1.807, 2.05) is 5.32 Å². The average Bonchev–Trinajstić information content (AvgIpc) is 2.85. The number of aliphatic carboxylic acids is 1. The second kappa shape index (κ2) is 11.9. The molecule has 0 aliphatic heterocycles. The Labute approximate surface area is 208 Å². The van der Waals surface area contributed by atoms with E-state index in [2.05, 4.69) is 10.2 Å². The molecule has 2 aromatic rings. The number of non-ortho nitro benzene ring substituents is 1. The quantitative estimate of drug-likeness (QED) is 0.0855. The van der Waals surface area contributed by atoms with Gasteiger partial charge in [0.05, 0.1) is 27.8 Å². The van der Waals surface area contributed by atoms with Crippen LogP contribution in [0.1, 0.15) is 36.2 Å². The maximum Gasteiger partial charge on any atom is 0.369 e. The highest BCUT2D eigenvalue weighted by Gasteiger charge is 2.51. The highest BCUT2D eigenvalue weighted by atomic mass is 35.5. The van der Waals surface area contributed by atoms with Crippen molar-refractivity contribution < 1.29 is 38.3 Å². The molecule has 0 aromatic heterocycles. The van der Waals surface area contributed by atoms with Gasteiger partial charge in [0, 0.05) is 12.1 Å².